The van der Waals surface area contributed by atoms with Gasteiger partial charge in [0.1, 0.15) is 11.6 Å². The second-order valence-electron chi connectivity index (χ2n) is 7.43. The van der Waals surface area contributed by atoms with E-state index in [2.05, 4.69) is 21.4 Å². The number of anilines is 1. The number of benzene rings is 3. The van der Waals surface area contributed by atoms with Crippen LogP contribution < -0.4 is 5.32 Å². The van der Waals surface area contributed by atoms with Crippen molar-refractivity contribution < 1.29 is 4.79 Å². The van der Waals surface area contributed by atoms with E-state index in [9.17, 15) is 10.1 Å². The van der Waals surface area contributed by atoms with Crippen molar-refractivity contribution in [2.75, 3.05) is 11.9 Å². The lowest BCUT2D eigenvalue weighted by molar-refractivity contribution is -0.117. The van der Waals surface area contributed by atoms with Crippen molar-refractivity contribution in [2.24, 2.45) is 0 Å². The van der Waals surface area contributed by atoms with E-state index in [1.165, 1.54) is 6.20 Å². The number of nitrogens with zero attached hydrogens (tertiary/aromatic N) is 4. The van der Waals surface area contributed by atoms with E-state index in [-0.39, 0.29) is 12.5 Å². The van der Waals surface area contributed by atoms with E-state index in [0.29, 0.717) is 24.5 Å². The Kier molecular flexibility index (Phi) is 6.71. The Morgan fingerprint density at radius 3 is 1.94 bits per heavy atom. The van der Waals surface area contributed by atoms with E-state index < -0.39 is 0 Å². The van der Waals surface area contributed by atoms with E-state index in [4.69, 9.17) is 0 Å². The third-order valence-electron chi connectivity index (χ3n) is 5.01. The molecule has 0 aliphatic heterocycles. The summed E-state index contributed by atoms with van der Waals surface area (Å²) in [5, 5.41) is 16.7. The lowest BCUT2D eigenvalue weighted by Crippen LogP contribution is -2.33. The Morgan fingerprint density at radius 2 is 1.41 bits per heavy atom. The molecule has 6 heteroatoms. The van der Waals surface area contributed by atoms with Crippen LogP contribution in [0.1, 0.15) is 16.7 Å². The second-order valence-corrected chi connectivity index (χ2v) is 7.43. The fraction of sp³-hybridized carbons (Fsp3) is 0.115. The molecule has 1 aromatic heterocycles. The first-order valence-corrected chi connectivity index (χ1v) is 10.4. The number of amides is 1. The zero-order valence-corrected chi connectivity index (χ0v) is 17.6. The normalized spacial score (nSPS) is 10.6. The molecule has 158 valence electrons. The SMILES string of the molecule is N#Cc1cnn(-c2ccccc2)c1NC(=O)CN(Cc1ccccc1)Cc1ccccc1. The van der Waals surface area contributed by atoms with E-state index >= 15 is 0 Å². The van der Waals surface area contributed by atoms with Crippen molar-refractivity contribution >= 4 is 11.7 Å². The topological polar surface area (TPSA) is 74.0 Å². The van der Waals surface area contributed by atoms with Crippen LogP contribution in [-0.2, 0) is 17.9 Å². The average Bonchev–Trinajstić information content (AvgIpc) is 3.23. The summed E-state index contributed by atoms with van der Waals surface area (Å²) in [6.07, 6.45) is 1.47. The molecule has 0 fully saturated rings. The summed E-state index contributed by atoms with van der Waals surface area (Å²) in [6, 6.07) is 31.7. The molecule has 0 atom stereocenters. The van der Waals surface area contributed by atoms with Gasteiger partial charge in [-0.15, -0.1) is 0 Å². The van der Waals surface area contributed by atoms with Crippen LogP contribution in [0.4, 0.5) is 5.82 Å². The summed E-state index contributed by atoms with van der Waals surface area (Å²) < 4.78 is 1.58. The Morgan fingerprint density at radius 1 is 0.875 bits per heavy atom. The summed E-state index contributed by atoms with van der Waals surface area (Å²) in [6.45, 7) is 1.44. The molecule has 0 unspecified atom stereocenters. The molecule has 6 nitrogen and oxygen atoms in total. The Bertz CT molecular complexity index is 1160. The summed E-state index contributed by atoms with van der Waals surface area (Å²) in [4.78, 5) is 15.1. The van der Waals surface area contributed by atoms with Crippen LogP contribution in [0.2, 0.25) is 0 Å². The van der Waals surface area contributed by atoms with Crippen LogP contribution in [0.5, 0.6) is 0 Å². The van der Waals surface area contributed by atoms with Crippen molar-refractivity contribution in [2.45, 2.75) is 13.1 Å². The maximum atomic E-state index is 13.0. The third-order valence-corrected chi connectivity index (χ3v) is 5.01. The predicted molar refractivity (Wildman–Crippen MR) is 124 cm³/mol. The first kappa shape index (κ1) is 21.0. The fourth-order valence-corrected chi connectivity index (χ4v) is 3.54. The molecule has 1 amide bonds. The van der Waals surface area contributed by atoms with Crippen LogP contribution in [0.3, 0.4) is 0 Å². The number of nitrogens with one attached hydrogen (secondary N) is 1. The molecule has 0 bridgehead atoms. The predicted octanol–water partition coefficient (Wildman–Crippen LogP) is 4.38. The fourth-order valence-electron chi connectivity index (χ4n) is 3.54. The molecule has 0 radical (unpaired) electrons. The highest BCUT2D eigenvalue weighted by Crippen LogP contribution is 2.20. The minimum absolute atomic E-state index is 0.175. The smallest absolute Gasteiger partial charge is 0.239 e. The maximum Gasteiger partial charge on any atom is 0.239 e. The number of para-hydroxylation sites is 1. The quantitative estimate of drug-likeness (QED) is 0.458. The molecule has 0 saturated heterocycles. The van der Waals surface area contributed by atoms with Crippen LogP contribution in [0.15, 0.2) is 97.2 Å². The van der Waals surface area contributed by atoms with Gasteiger partial charge in [0, 0.05) is 13.1 Å². The zero-order chi connectivity index (χ0) is 22.2. The molecule has 4 aromatic rings. The van der Waals surface area contributed by atoms with Gasteiger partial charge in [0.2, 0.25) is 5.91 Å². The molecule has 1 N–H and O–H groups in total. The van der Waals surface area contributed by atoms with Crippen LogP contribution >= 0.6 is 0 Å². The van der Waals surface area contributed by atoms with Gasteiger partial charge in [0.25, 0.3) is 0 Å². The van der Waals surface area contributed by atoms with E-state index in [1.54, 1.807) is 4.68 Å². The van der Waals surface area contributed by atoms with Gasteiger partial charge in [0.05, 0.1) is 18.4 Å². The Hall–Kier alpha value is -4.21. The molecule has 0 spiro atoms. The second kappa shape index (κ2) is 10.2. The average molecular weight is 422 g/mol. The molecule has 0 aliphatic rings. The zero-order valence-electron chi connectivity index (χ0n) is 17.6. The first-order chi connectivity index (χ1) is 15.7. The largest absolute Gasteiger partial charge is 0.308 e. The molecule has 1 heterocycles. The van der Waals surface area contributed by atoms with Gasteiger partial charge in [-0.2, -0.15) is 10.4 Å². The lowest BCUT2D eigenvalue weighted by Gasteiger charge is -2.22. The molecule has 0 saturated carbocycles. The summed E-state index contributed by atoms with van der Waals surface area (Å²) in [5.41, 5.74) is 3.35. The van der Waals surface area contributed by atoms with Crippen LogP contribution in [0.25, 0.3) is 5.69 Å². The molecule has 3 aromatic carbocycles. The van der Waals surface area contributed by atoms with Gasteiger partial charge in [-0.05, 0) is 23.3 Å². The van der Waals surface area contributed by atoms with Gasteiger partial charge in [-0.25, -0.2) is 4.68 Å². The Labute approximate surface area is 187 Å². The Balaban J connectivity index is 1.54. The molecule has 0 aliphatic carbocycles. The van der Waals surface area contributed by atoms with Gasteiger partial charge >= 0.3 is 0 Å². The van der Waals surface area contributed by atoms with E-state index in [0.717, 1.165) is 16.8 Å². The third kappa shape index (κ3) is 5.28. The summed E-state index contributed by atoms with van der Waals surface area (Å²) in [5.74, 6) is 0.175. The number of rotatable bonds is 8. The molecule has 4 rings (SSSR count). The molecular formula is C26H23N5O. The van der Waals surface area contributed by atoms with Crippen molar-refractivity contribution in [1.29, 1.82) is 5.26 Å². The van der Waals surface area contributed by atoms with Gasteiger partial charge in [-0.3, -0.25) is 9.69 Å². The lowest BCUT2D eigenvalue weighted by atomic mass is 10.1. The molecule has 32 heavy (non-hydrogen) atoms. The summed E-state index contributed by atoms with van der Waals surface area (Å²) >= 11 is 0. The first-order valence-electron chi connectivity index (χ1n) is 10.4. The number of hydrogen-bond donors (Lipinski definition) is 1. The maximum absolute atomic E-state index is 13.0. The minimum atomic E-state index is -0.203. The van der Waals surface area contributed by atoms with Gasteiger partial charge in [0.15, 0.2) is 5.82 Å². The van der Waals surface area contributed by atoms with Gasteiger partial charge < -0.3 is 5.32 Å². The van der Waals surface area contributed by atoms with E-state index in [1.807, 2.05) is 91.0 Å². The van der Waals surface area contributed by atoms with Gasteiger partial charge in [-0.1, -0.05) is 78.9 Å². The highest BCUT2D eigenvalue weighted by molar-refractivity contribution is 5.93. The number of hydrogen-bond acceptors (Lipinski definition) is 4. The highest BCUT2D eigenvalue weighted by Gasteiger charge is 2.18. The van der Waals surface area contributed by atoms with Crippen LogP contribution in [0, 0.1) is 11.3 Å². The standard InChI is InChI=1S/C26H23N5O/c27-16-23-17-28-31(24-14-8-3-9-15-24)26(23)29-25(32)20-30(18-21-10-4-1-5-11-21)19-22-12-6-2-7-13-22/h1-15,17H,18-20H2,(H,29,32). The van der Waals surface area contributed by atoms with Crippen molar-refractivity contribution in [3.8, 4) is 11.8 Å². The minimum Gasteiger partial charge on any atom is -0.308 e. The number of carbonyl (C=O) groups is 1. The molecular weight excluding hydrogens is 398 g/mol. The van der Waals surface area contributed by atoms with Crippen molar-refractivity contribution in [3.05, 3.63) is 114 Å². The highest BCUT2D eigenvalue weighted by atomic mass is 16.2. The monoisotopic (exact) mass is 421 g/mol. The number of aromatic nitrogens is 2. The number of nitriles is 1. The summed E-state index contributed by atoms with van der Waals surface area (Å²) in [7, 11) is 0. The van der Waals surface area contributed by atoms with Crippen molar-refractivity contribution in [3.63, 3.8) is 0 Å². The van der Waals surface area contributed by atoms with Crippen molar-refractivity contribution in [1.82, 2.24) is 14.7 Å². The van der Waals surface area contributed by atoms with Crippen LogP contribution in [-0.4, -0.2) is 27.1 Å². The number of carbonyl (C=O) groups excluding carboxylic acids is 1.